The van der Waals surface area contributed by atoms with Gasteiger partial charge >= 0.3 is 0 Å². The first kappa shape index (κ1) is 20.4. The molecule has 1 amide bonds. The molecule has 0 unspecified atom stereocenters. The van der Waals surface area contributed by atoms with E-state index in [1.165, 1.54) is 5.56 Å². The zero-order valence-corrected chi connectivity index (χ0v) is 16.9. The summed E-state index contributed by atoms with van der Waals surface area (Å²) in [6, 6.07) is 23.7. The fraction of sp³-hybridized carbons (Fsp3) is 0.208. The third kappa shape index (κ3) is 5.36. The molecule has 150 valence electrons. The molecule has 3 aromatic rings. The Morgan fingerprint density at radius 1 is 0.862 bits per heavy atom. The average Bonchev–Trinajstić information content (AvgIpc) is 2.75. The van der Waals surface area contributed by atoms with Crippen LogP contribution in [0.25, 0.3) is 0 Å². The van der Waals surface area contributed by atoms with E-state index in [4.69, 9.17) is 9.47 Å². The van der Waals surface area contributed by atoms with Crippen molar-refractivity contribution in [2.24, 2.45) is 0 Å². The molecule has 5 heteroatoms. The molecule has 0 aromatic heterocycles. The van der Waals surface area contributed by atoms with Gasteiger partial charge in [-0.2, -0.15) is 0 Å². The smallest absolute Gasteiger partial charge is 0.238 e. The molecule has 2 N–H and O–H groups in total. The second-order valence-electron chi connectivity index (χ2n) is 6.75. The lowest BCUT2D eigenvalue weighted by molar-refractivity contribution is -0.115. The predicted octanol–water partition coefficient (Wildman–Crippen LogP) is 4.33. The van der Waals surface area contributed by atoms with E-state index >= 15 is 0 Å². The van der Waals surface area contributed by atoms with Gasteiger partial charge in [0.2, 0.25) is 5.91 Å². The van der Waals surface area contributed by atoms with Gasteiger partial charge in [0.05, 0.1) is 26.8 Å². The Kier molecular flexibility index (Phi) is 6.87. The van der Waals surface area contributed by atoms with Crippen molar-refractivity contribution in [2.75, 3.05) is 26.1 Å². The van der Waals surface area contributed by atoms with Crippen molar-refractivity contribution in [3.63, 3.8) is 0 Å². The van der Waals surface area contributed by atoms with E-state index in [1.807, 2.05) is 18.2 Å². The molecule has 0 aliphatic rings. The van der Waals surface area contributed by atoms with Gasteiger partial charge < -0.3 is 14.8 Å². The lowest BCUT2D eigenvalue weighted by Crippen LogP contribution is -2.31. The van der Waals surface area contributed by atoms with Gasteiger partial charge in [0.25, 0.3) is 0 Å². The maximum atomic E-state index is 12.5. The number of carbonyl (C=O) groups is 1. The van der Waals surface area contributed by atoms with Crippen LogP contribution in [0.4, 0.5) is 5.69 Å². The monoisotopic (exact) mass is 390 g/mol. The lowest BCUT2D eigenvalue weighted by atomic mass is 9.98. The minimum absolute atomic E-state index is 0.0760. The topological polar surface area (TPSA) is 59.6 Å². The first-order chi connectivity index (χ1) is 14.1. The van der Waals surface area contributed by atoms with Crippen LogP contribution >= 0.6 is 0 Å². The summed E-state index contributed by atoms with van der Waals surface area (Å²) in [5, 5.41) is 6.27. The highest BCUT2D eigenvalue weighted by atomic mass is 16.5. The SMILES string of the molecule is COc1ccc(NC(=O)CN[C@@H](c2ccccc2)c2ccc(C)cc2)cc1OC. The van der Waals surface area contributed by atoms with Crippen molar-refractivity contribution in [2.45, 2.75) is 13.0 Å². The van der Waals surface area contributed by atoms with E-state index in [-0.39, 0.29) is 18.5 Å². The molecule has 0 spiro atoms. The normalized spacial score (nSPS) is 11.6. The van der Waals surface area contributed by atoms with Gasteiger partial charge in [-0.05, 0) is 30.2 Å². The van der Waals surface area contributed by atoms with Gasteiger partial charge in [-0.25, -0.2) is 0 Å². The number of hydrogen-bond acceptors (Lipinski definition) is 4. The number of nitrogens with one attached hydrogen (secondary N) is 2. The molecule has 29 heavy (non-hydrogen) atoms. The summed E-state index contributed by atoms with van der Waals surface area (Å²) < 4.78 is 10.5. The minimum atomic E-state index is -0.134. The summed E-state index contributed by atoms with van der Waals surface area (Å²) in [5.41, 5.74) is 4.07. The number of ether oxygens (including phenoxy) is 2. The molecule has 0 saturated heterocycles. The van der Waals surface area contributed by atoms with Crippen LogP contribution in [-0.2, 0) is 4.79 Å². The van der Waals surface area contributed by atoms with E-state index in [1.54, 1.807) is 32.4 Å². The fourth-order valence-electron chi connectivity index (χ4n) is 3.15. The van der Waals surface area contributed by atoms with E-state index in [0.29, 0.717) is 17.2 Å². The van der Waals surface area contributed by atoms with Crippen LogP contribution in [0.15, 0.2) is 72.8 Å². The maximum absolute atomic E-state index is 12.5. The number of carbonyl (C=O) groups excluding carboxylic acids is 1. The molecule has 0 fully saturated rings. The highest BCUT2D eigenvalue weighted by Gasteiger charge is 2.15. The number of anilines is 1. The largest absolute Gasteiger partial charge is 0.493 e. The molecule has 3 aromatic carbocycles. The van der Waals surface area contributed by atoms with Crippen LogP contribution in [0.2, 0.25) is 0 Å². The number of methoxy groups -OCH3 is 2. The summed E-state index contributed by atoms with van der Waals surface area (Å²) in [4.78, 5) is 12.5. The van der Waals surface area contributed by atoms with E-state index in [9.17, 15) is 4.79 Å². The summed E-state index contributed by atoms with van der Waals surface area (Å²) in [7, 11) is 3.14. The number of rotatable bonds is 8. The Balaban J connectivity index is 1.71. The molecular weight excluding hydrogens is 364 g/mol. The van der Waals surface area contributed by atoms with Gasteiger partial charge in [0, 0.05) is 11.8 Å². The van der Waals surface area contributed by atoms with Crippen molar-refractivity contribution >= 4 is 11.6 Å². The molecule has 0 bridgehead atoms. The number of hydrogen-bond donors (Lipinski definition) is 2. The molecule has 0 aliphatic carbocycles. The van der Waals surface area contributed by atoms with Crippen molar-refractivity contribution in [1.82, 2.24) is 5.32 Å². The van der Waals surface area contributed by atoms with Gasteiger partial charge in [0.1, 0.15) is 0 Å². The molecule has 5 nitrogen and oxygen atoms in total. The lowest BCUT2D eigenvalue weighted by Gasteiger charge is -2.20. The Bertz CT molecular complexity index is 940. The Labute approximate surface area is 171 Å². The van der Waals surface area contributed by atoms with Crippen molar-refractivity contribution < 1.29 is 14.3 Å². The third-order valence-corrected chi connectivity index (χ3v) is 4.68. The predicted molar refractivity (Wildman–Crippen MR) is 116 cm³/mol. The van der Waals surface area contributed by atoms with Crippen molar-refractivity contribution in [3.8, 4) is 11.5 Å². The van der Waals surface area contributed by atoms with Crippen LogP contribution < -0.4 is 20.1 Å². The zero-order chi connectivity index (χ0) is 20.6. The first-order valence-corrected chi connectivity index (χ1v) is 9.47. The first-order valence-electron chi connectivity index (χ1n) is 9.47. The molecule has 0 heterocycles. The Hall–Kier alpha value is -3.31. The van der Waals surface area contributed by atoms with Gasteiger partial charge in [0.15, 0.2) is 11.5 Å². The molecule has 1 atom stereocenters. The van der Waals surface area contributed by atoms with Crippen LogP contribution in [-0.4, -0.2) is 26.7 Å². The molecule has 3 rings (SSSR count). The quantitative estimate of drug-likeness (QED) is 0.601. The molecule has 0 radical (unpaired) electrons. The second kappa shape index (κ2) is 9.75. The molecular formula is C24H26N2O3. The highest BCUT2D eigenvalue weighted by Crippen LogP contribution is 2.29. The molecule has 0 saturated carbocycles. The fourth-order valence-corrected chi connectivity index (χ4v) is 3.15. The van der Waals surface area contributed by atoms with E-state index in [2.05, 4.69) is 54.0 Å². The zero-order valence-electron chi connectivity index (χ0n) is 16.9. The Morgan fingerprint density at radius 3 is 2.17 bits per heavy atom. The number of amides is 1. The second-order valence-corrected chi connectivity index (χ2v) is 6.75. The maximum Gasteiger partial charge on any atom is 0.238 e. The number of aryl methyl sites for hydroxylation is 1. The summed E-state index contributed by atoms with van der Waals surface area (Å²) in [6.45, 7) is 2.23. The highest BCUT2D eigenvalue weighted by molar-refractivity contribution is 5.92. The van der Waals surface area contributed by atoms with Crippen molar-refractivity contribution in [3.05, 3.63) is 89.5 Å². The van der Waals surface area contributed by atoms with Gasteiger partial charge in [-0.1, -0.05) is 60.2 Å². The average molecular weight is 390 g/mol. The van der Waals surface area contributed by atoms with Crippen LogP contribution in [0, 0.1) is 6.92 Å². The third-order valence-electron chi connectivity index (χ3n) is 4.68. The van der Waals surface area contributed by atoms with E-state index in [0.717, 1.165) is 11.1 Å². The van der Waals surface area contributed by atoms with Crippen LogP contribution in [0.1, 0.15) is 22.7 Å². The summed E-state index contributed by atoms with van der Waals surface area (Å²) >= 11 is 0. The van der Waals surface area contributed by atoms with Gasteiger partial charge in [-0.15, -0.1) is 0 Å². The van der Waals surface area contributed by atoms with Gasteiger partial charge in [-0.3, -0.25) is 10.1 Å². The van der Waals surface area contributed by atoms with Crippen LogP contribution in [0.3, 0.4) is 0 Å². The number of benzene rings is 3. The van der Waals surface area contributed by atoms with Crippen LogP contribution in [0.5, 0.6) is 11.5 Å². The molecule has 0 aliphatic heterocycles. The van der Waals surface area contributed by atoms with Crippen molar-refractivity contribution in [1.29, 1.82) is 0 Å². The summed E-state index contributed by atoms with van der Waals surface area (Å²) in [5.74, 6) is 1.05. The minimum Gasteiger partial charge on any atom is -0.493 e. The summed E-state index contributed by atoms with van der Waals surface area (Å²) in [6.07, 6.45) is 0. The van der Waals surface area contributed by atoms with E-state index < -0.39 is 0 Å². The Morgan fingerprint density at radius 2 is 1.52 bits per heavy atom. The standard InChI is InChI=1S/C24H26N2O3/c1-17-9-11-19(12-10-17)24(18-7-5-4-6-8-18)25-16-23(27)26-20-13-14-21(28-2)22(15-20)29-3/h4-15,24-25H,16H2,1-3H3,(H,26,27)/t24-/m0/s1.